The van der Waals surface area contributed by atoms with E-state index in [1.54, 1.807) is 32.0 Å². The van der Waals surface area contributed by atoms with Crippen LogP contribution in [0.3, 0.4) is 0 Å². The van der Waals surface area contributed by atoms with Gasteiger partial charge in [0, 0.05) is 6.20 Å². The molecule has 2 aromatic rings. The van der Waals surface area contributed by atoms with Gasteiger partial charge in [0.15, 0.2) is 0 Å². The molecule has 0 bridgehead atoms. The third-order valence-electron chi connectivity index (χ3n) is 3.03. The molecule has 0 saturated carbocycles. The number of hydrogen-bond acceptors (Lipinski definition) is 4. The van der Waals surface area contributed by atoms with Gasteiger partial charge in [0.05, 0.1) is 12.3 Å². The summed E-state index contributed by atoms with van der Waals surface area (Å²) in [5.74, 6) is 0. The van der Waals surface area contributed by atoms with Crippen LogP contribution in [0.2, 0.25) is 5.15 Å². The van der Waals surface area contributed by atoms with Gasteiger partial charge in [0.1, 0.15) is 10.0 Å². The summed E-state index contributed by atoms with van der Waals surface area (Å²) in [5.41, 5.74) is 2.40. The van der Waals surface area contributed by atoms with Crippen LogP contribution in [-0.2, 0) is 16.6 Å². The predicted octanol–water partition coefficient (Wildman–Crippen LogP) is 2.64. The second-order valence-corrected chi connectivity index (χ2v) is 6.73. The van der Waals surface area contributed by atoms with Gasteiger partial charge in [0.25, 0.3) is 10.0 Å². The maximum absolute atomic E-state index is 12.4. The molecule has 21 heavy (non-hydrogen) atoms. The molecule has 0 spiro atoms. The summed E-state index contributed by atoms with van der Waals surface area (Å²) in [6.07, 6.45) is 1.21. The number of pyridine rings is 1. The zero-order chi connectivity index (χ0) is 15.6. The van der Waals surface area contributed by atoms with Crippen LogP contribution < -0.4 is 4.72 Å². The normalized spacial score (nSPS) is 11.4. The molecule has 112 valence electrons. The molecule has 0 amide bonds. The first-order valence-corrected chi connectivity index (χ1v) is 8.05. The van der Waals surface area contributed by atoms with E-state index in [1.165, 1.54) is 12.3 Å². The lowest BCUT2D eigenvalue weighted by Crippen LogP contribution is -2.14. The molecule has 0 aliphatic rings. The van der Waals surface area contributed by atoms with Crippen LogP contribution in [0.25, 0.3) is 0 Å². The van der Waals surface area contributed by atoms with E-state index in [1.807, 2.05) is 0 Å². The maximum atomic E-state index is 12.4. The first kappa shape index (κ1) is 15.8. The number of aliphatic hydroxyl groups is 1. The third kappa shape index (κ3) is 3.53. The molecule has 1 aromatic heterocycles. The molecule has 2 rings (SSSR count). The van der Waals surface area contributed by atoms with Gasteiger partial charge in [-0.1, -0.05) is 23.7 Å². The number of nitrogens with one attached hydrogen (secondary N) is 1. The van der Waals surface area contributed by atoms with E-state index in [2.05, 4.69) is 9.71 Å². The van der Waals surface area contributed by atoms with Gasteiger partial charge in [-0.3, -0.25) is 4.72 Å². The van der Waals surface area contributed by atoms with E-state index in [-0.39, 0.29) is 16.7 Å². The zero-order valence-corrected chi connectivity index (χ0v) is 13.2. The number of anilines is 1. The third-order valence-corrected chi connectivity index (χ3v) is 4.76. The van der Waals surface area contributed by atoms with Crippen molar-refractivity contribution in [1.29, 1.82) is 0 Å². The minimum absolute atomic E-state index is 0.0400. The van der Waals surface area contributed by atoms with Crippen LogP contribution in [0, 0.1) is 13.8 Å². The van der Waals surface area contributed by atoms with Gasteiger partial charge in [-0.25, -0.2) is 13.4 Å². The maximum Gasteiger partial charge on any atom is 0.263 e. The van der Waals surface area contributed by atoms with Crippen molar-refractivity contribution in [1.82, 2.24) is 4.98 Å². The number of halogens is 1. The summed E-state index contributed by atoms with van der Waals surface area (Å²) in [6.45, 7) is 3.31. The van der Waals surface area contributed by atoms with Crippen LogP contribution in [0.5, 0.6) is 0 Å². The van der Waals surface area contributed by atoms with Gasteiger partial charge >= 0.3 is 0 Å². The van der Waals surface area contributed by atoms with Gasteiger partial charge in [-0.15, -0.1) is 0 Å². The van der Waals surface area contributed by atoms with Crippen LogP contribution in [-0.4, -0.2) is 18.5 Å². The van der Waals surface area contributed by atoms with E-state index in [4.69, 9.17) is 16.7 Å². The van der Waals surface area contributed by atoms with Crippen LogP contribution in [0.15, 0.2) is 35.4 Å². The fourth-order valence-corrected chi connectivity index (χ4v) is 3.01. The Morgan fingerprint density at radius 2 is 1.95 bits per heavy atom. The number of aliphatic hydroxyl groups excluding tert-OH is 1. The van der Waals surface area contributed by atoms with Crippen molar-refractivity contribution in [3.05, 3.63) is 52.3 Å². The number of aryl methyl sites for hydroxylation is 2. The van der Waals surface area contributed by atoms with E-state index in [0.717, 1.165) is 5.56 Å². The standard InChI is InChI=1S/C14H15ClN2O3S/c1-9-3-4-11(8-18)6-13(9)17-21(19,20)12-5-10(2)14(15)16-7-12/h3-7,17-18H,8H2,1-2H3. The summed E-state index contributed by atoms with van der Waals surface area (Å²) in [7, 11) is -3.75. The number of rotatable bonds is 4. The van der Waals surface area contributed by atoms with Crippen molar-refractivity contribution in [2.24, 2.45) is 0 Å². The first-order chi connectivity index (χ1) is 9.83. The Bertz CT molecular complexity index is 776. The van der Waals surface area contributed by atoms with Gasteiger partial charge in [-0.05, 0) is 42.7 Å². The number of benzene rings is 1. The highest BCUT2D eigenvalue weighted by atomic mass is 35.5. The lowest BCUT2D eigenvalue weighted by Gasteiger charge is -2.12. The Balaban J connectivity index is 2.39. The summed E-state index contributed by atoms with van der Waals surface area (Å²) >= 11 is 5.80. The van der Waals surface area contributed by atoms with E-state index in [9.17, 15) is 8.42 Å². The van der Waals surface area contributed by atoms with Crippen molar-refractivity contribution in [3.63, 3.8) is 0 Å². The van der Waals surface area contributed by atoms with Crippen molar-refractivity contribution >= 4 is 27.3 Å². The fourth-order valence-electron chi connectivity index (χ4n) is 1.76. The minimum atomic E-state index is -3.75. The Morgan fingerprint density at radius 3 is 2.57 bits per heavy atom. The highest BCUT2D eigenvalue weighted by Crippen LogP contribution is 2.22. The highest BCUT2D eigenvalue weighted by Gasteiger charge is 2.17. The molecule has 0 atom stereocenters. The monoisotopic (exact) mass is 326 g/mol. The molecule has 0 fully saturated rings. The number of sulfonamides is 1. The van der Waals surface area contributed by atoms with Crippen molar-refractivity contribution in [2.45, 2.75) is 25.3 Å². The van der Waals surface area contributed by atoms with Crippen LogP contribution in [0.1, 0.15) is 16.7 Å². The average Bonchev–Trinajstić information content (AvgIpc) is 2.44. The van der Waals surface area contributed by atoms with Crippen LogP contribution >= 0.6 is 11.6 Å². The molecule has 0 unspecified atom stereocenters. The van der Waals surface area contributed by atoms with Gasteiger partial charge in [-0.2, -0.15) is 0 Å². The quantitative estimate of drug-likeness (QED) is 0.846. The first-order valence-electron chi connectivity index (χ1n) is 6.19. The lowest BCUT2D eigenvalue weighted by atomic mass is 10.1. The summed E-state index contributed by atoms with van der Waals surface area (Å²) in [6, 6.07) is 6.54. The topological polar surface area (TPSA) is 79.3 Å². The molecule has 2 N–H and O–H groups in total. The Hall–Kier alpha value is -1.63. The Kier molecular flexibility index (Phi) is 4.51. The molecule has 5 nitrogen and oxygen atoms in total. The number of aromatic nitrogens is 1. The Morgan fingerprint density at radius 1 is 1.24 bits per heavy atom. The molecule has 0 aliphatic heterocycles. The average molecular weight is 327 g/mol. The molecule has 7 heteroatoms. The SMILES string of the molecule is Cc1ccc(CO)cc1NS(=O)(=O)c1cnc(Cl)c(C)c1. The molecular formula is C14H15ClN2O3S. The number of nitrogens with zero attached hydrogens (tertiary/aromatic N) is 1. The van der Waals surface area contributed by atoms with E-state index in [0.29, 0.717) is 16.8 Å². The fraction of sp³-hybridized carbons (Fsp3) is 0.214. The van der Waals surface area contributed by atoms with E-state index >= 15 is 0 Å². The molecule has 0 radical (unpaired) electrons. The Labute approximate surface area is 128 Å². The van der Waals surface area contributed by atoms with Crippen LogP contribution in [0.4, 0.5) is 5.69 Å². The smallest absolute Gasteiger partial charge is 0.263 e. The van der Waals surface area contributed by atoms with Crippen molar-refractivity contribution in [3.8, 4) is 0 Å². The van der Waals surface area contributed by atoms with E-state index < -0.39 is 10.0 Å². The largest absolute Gasteiger partial charge is 0.392 e. The number of hydrogen-bond donors (Lipinski definition) is 2. The lowest BCUT2D eigenvalue weighted by molar-refractivity contribution is 0.282. The molecule has 1 heterocycles. The van der Waals surface area contributed by atoms with Crippen molar-refractivity contribution in [2.75, 3.05) is 4.72 Å². The van der Waals surface area contributed by atoms with Gasteiger partial charge < -0.3 is 5.11 Å². The second kappa shape index (κ2) is 6.01. The summed E-state index contributed by atoms with van der Waals surface area (Å²) in [5, 5.41) is 9.40. The summed E-state index contributed by atoms with van der Waals surface area (Å²) in [4.78, 5) is 3.89. The molecule has 1 aromatic carbocycles. The van der Waals surface area contributed by atoms with Gasteiger partial charge in [0.2, 0.25) is 0 Å². The predicted molar refractivity (Wildman–Crippen MR) is 81.9 cm³/mol. The minimum Gasteiger partial charge on any atom is -0.392 e. The zero-order valence-electron chi connectivity index (χ0n) is 11.6. The molecule has 0 aliphatic carbocycles. The van der Waals surface area contributed by atoms with Crippen molar-refractivity contribution < 1.29 is 13.5 Å². The summed E-state index contributed by atoms with van der Waals surface area (Å²) < 4.78 is 27.2. The second-order valence-electron chi connectivity index (χ2n) is 4.69. The highest BCUT2D eigenvalue weighted by molar-refractivity contribution is 7.92. The molecular weight excluding hydrogens is 312 g/mol. The molecule has 0 saturated heterocycles.